The summed E-state index contributed by atoms with van der Waals surface area (Å²) in [4.78, 5) is 37.3. The number of nitrogens with two attached hydrogens (primary N) is 3. The minimum absolute atomic E-state index is 0.0606. The summed E-state index contributed by atoms with van der Waals surface area (Å²) in [5.41, 5.74) is 13.4. The zero-order valence-corrected chi connectivity index (χ0v) is 16.9. The highest BCUT2D eigenvalue weighted by atomic mass is 16.6. The predicted molar refractivity (Wildman–Crippen MR) is 106 cm³/mol. The fourth-order valence-corrected chi connectivity index (χ4v) is 3.08. The van der Waals surface area contributed by atoms with Crippen molar-refractivity contribution in [1.82, 2.24) is 0 Å². The highest BCUT2D eigenvalue weighted by molar-refractivity contribution is 6.04. The molecule has 0 fully saturated rings. The summed E-state index contributed by atoms with van der Waals surface area (Å²) >= 11 is 0. The smallest absolute Gasteiger partial charge is 0.338 e. The van der Waals surface area contributed by atoms with E-state index in [-0.39, 0.29) is 18.6 Å². The third kappa shape index (κ3) is 5.98. The minimum Gasteiger partial charge on any atom is -0.479 e. The lowest BCUT2D eigenvalue weighted by Gasteiger charge is -2.35. The Morgan fingerprint density at radius 2 is 1.89 bits per heavy atom. The number of esters is 1. The van der Waals surface area contributed by atoms with E-state index >= 15 is 0 Å². The van der Waals surface area contributed by atoms with Crippen molar-refractivity contribution in [2.45, 2.75) is 70.1 Å². The Balaban J connectivity index is 3.07. The van der Waals surface area contributed by atoms with Crippen LogP contribution in [0.4, 0.5) is 0 Å². The molecule has 0 radical (unpaired) electrons. The van der Waals surface area contributed by atoms with Gasteiger partial charge < -0.3 is 27.0 Å². The van der Waals surface area contributed by atoms with Crippen LogP contribution >= 0.6 is 0 Å². The van der Waals surface area contributed by atoms with Gasteiger partial charge in [0.2, 0.25) is 5.54 Å². The van der Waals surface area contributed by atoms with E-state index < -0.39 is 34.5 Å². The number of aliphatic carboxylic acids is 1. The molecule has 0 aliphatic heterocycles. The molecule has 1 rings (SSSR count). The summed E-state index contributed by atoms with van der Waals surface area (Å²) in [7, 11) is 0. The van der Waals surface area contributed by atoms with Crippen LogP contribution in [0.3, 0.4) is 0 Å². The topological polar surface area (TPSA) is 159 Å². The standard InChI is InChI=1S/C20H33N3O5/c1-18(2,3)28-17(27)20(23,16(25)26)12-11-19(9-5-4-6-10-19)15(24)14(22)8-7-13-21/h4-6,9,14H,7-8,10-13,21-23H2,1-3H3,(H,25,26)/t14-,19?,20+/m0/s1. The Labute approximate surface area is 166 Å². The summed E-state index contributed by atoms with van der Waals surface area (Å²) in [6, 6.07) is -0.724. The molecule has 0 heterocycles. The van der Waals surface area contributed by atoms with Gasteiger partial charge in [-0.2, -0.15) is 0 Å². The monoisotopic (exact) mass is 395 g/mol. The van der Waals surface area contributed by atoms with Crippen LogP contribution in [0.25, 0.3) is 0 Å². The first-order valence-electron chi connectivity index (χ1n) is 9.48. The van der Waals surface area contributed by atoms with E-state index in [0.717, 1.165) is 0 Å². The molecule has 28 heavy (non-hydrogen) atoms. The number of hydrogen-bond acceptors (Lipinski definition) is 7. The lowest BCUT2D eigenvalue weighted by atomic mass is 9.69. The first kappa shape index (κ1) is 24.0. The maximum Gasteiger partial charge on any atom is 0.338 e. The summed E-state index contributed by atoms with van der Waals surface area (Å²) in [6.45, 7) is 5.31. The number of carboxylic acids is 1. The van der Waals surface area contributed by atoms with Crippen LogP contribution in [0.5, 0.6) is 0 Å². The summed E-state index contributed by atoms with van der Waals surface area (Å²) in [5.74, 6) is -2.73. The second-order valence-electron chi connectivity index (χ2n) is 8.33. The average molecular weight is 396 g/mol. The predicted octanol–water partition coefficient (Wildman–Crippen LogP) is 1.03. The molecule has 8 heteroatoms. The molecule has 0 spiro atoms. The molecular formula is C20H33N3O5. The van der Waals surface area contributed by atoms with Crippen LogP contribution in [0.2, 0.25) is 0 Å². The molecule has 8 nitrogen and oxygen atoms in total. The largest absolute Gasteiger partial charge is 0.479 e. The number of carbonyl (C=O) groups is 3. The molecule has 158 valence electrons. The van der Waals surface area contributed by atoms with Gasteiger partial charge in [-0.15, -0.1) is 0 Å². The van der Waals surface area contributed by atoms with Crippen molar-refractivity contribution >= 4 is 17.7 Å². The molecule has 0 amide bonds. The van der Waals surface area contributed by atoms with Crippen LogP contribution in [-0.4, -0.2) is 46.6 Å². The quantitative estimate of drug-likeness (QED) is 0.315. The van der Waals surface area contributed by atoms with E-state index in [0.29, 0.717) is 25.8 Å². The molecule has 1 aliphatic rings. The van der Waals surface area contributed by atoms with Crippen LogP contribution in [0.1, 0.15) is 52.9 Å². The Morgan fingerprint density at radius 1 is 1.25 bits per heavy atom. The van der Waals surface area contributed by atoms with Gasteiger partial charge in [-0.3, -0.25) is 4.79 Å². The fraction of sp³-hybridized carbons (Fsp3) is 0.650. The van der Waals surface area contributed by atoms with Crippen molar-refractivity contribution < 1.29 is 24.2 Å². The van der Waals surface area contributed by atoms with Crippen molar-refractivity contribution in [1.29, 1.82) is 0 Å². The van der Waals surface area contributed by atoms with E-state index in [1.54, 1.807) is 39.0 Å². The van der Waals surface area contributed by atoms with Gasteiger partial charge in [0, 0.05) is 0 Å². The van der Waals surface area contributed by atoms with Crippen LogP contribution in [0, 0.1) is 5.41 Å². The SMILES string of the molecule is CC(C)(C)OC(=O)[C@@](N)(CCC1(C(=O)[C@@H](N)CCCN)C=CC=CC1)C(=O)O. The highest BCUT2D eigenvalue weighted by Crippen LogP contribution is 2.37. The van der Waals surface area contributed by atoms with Crippen molar-refractivity contribution in [3.63, 3.8) is 0 Å². The van der Waals surface area contributed by atoms with Gasteiger partial charge in [0.1, 0.15) is 5.60 Å². The molecule has 0 aromatic heterocycles. The molecule has 3 atom stereocenters. The van der Waals surface area contributed by atoms with Crippen molar-refractivity contribution in [2.75, 3.05) is 6.54 Å². The van der Waals surface area contributed by atoms with Crippen molar-refractivity contribution in [3.8, 4) is 0 Å². The molecule has 0 saturated carbocycles. The number of Topliss-reactive ketones (excluding diaryl/α,β-unsaturated/α-hetero) is 1. The van der Waals surface area contributed by atoms with Gasteiger partial charge in [0.05, 0.1) is 11.5 Å². The Kier molecular flexibility index (Phi) is 8.10. The van der Waals surface area contributed by atoms with E-state index in [1.165, 1.54) is 0 Å². The summed E-state index contributed by atoms with van der Waals surface area (Å²) in [6.07, 6.45) is 8.28. The lowest BCUT2D eigenvalue weighted by molar-refractivity contribution is -0.170. The molecule has 0 aromatic rings. The molecule has 1 aliphatic carbocycles. The first-order chi connectivity index (χ1) is 12.9. The molecule has 0 saturated heterocycles. The van der Waals surface area contributed by atoms with E-state index in [2.05, 4.69) is 0 Å². The maximum atomic E-state index is 13.1. The number of ether oxygens (including phenoxy) is 1. The number of allylic oxidation sites excluding steroid dienone is 4. The second kappa shape index (κ2) is 9.45. The summed E-state index contributed by atoms with van der Waals surface area (Å²) in [5, 5.41) is 9.60. The Morgan fingerprint density at radius 3 is 2.36 bits per heavy atom. The second-order valence-corrected chi connectivity index (χ2v) is 8.33. The fourth-order valence-electron chi connectivity index (χ4n) is 3.08. The normalized spacial score (nSPS) is 22.4. The highest BCUT2D eigenvalue weighted by Gasteiger charge is 2.48. The third-order valence-corrected chi connectivity index (χ3v) is 4.80. The van der Waals surface area contributed by atoms with E-state index in [4.69, 9.17) is 21.9 Å². The zero-order chi connectivity index (χ0) is 21.6. The van der Waals surface area contributed by atoms with Crippen LogP contribution < -0.4 is 17.2 Å². The van der Waals surface area contributed by atoms with Crippen molar-refractivity contribution in [3.05, 3.63) is 24.3 Å². The van der Waals surface area contributed by atoms with Gasteiger partial charge >= 0.3 is 11.9 Å². The van der Waals surface area contributed by atoms with Crippen LogP contribution in [-0.2, 0) is 19.1 Å². The van der Waals surface area contributed by atoms with E-state index in [1.807, 2.05) is 6.08 Å². The zero-order valence-electron chi connectivity index (χ0n) is 16.9. The first-order valence-corrected chi connectivity index (χ1v) is 9.48. The molecule has 1 unspecified atom stereocenters. The number of rotatable bonds is 10. The van der Waals surface area contributed by atoms with Gasteiger partial charge in [-0.1, -0.05) is 24.3 Å². The van der Waals surface area contributed by atoms with E-state index in [9.17, 15) is 19.5 Å². The van der Waals surface area contributed by atoms with Gasteiger partial charge in [0.25, 0.3) is 0 Å². The number of carboxylic acid groups (broad SMARTS) is 1. The maximum absolute atomic E-state index is 13.1. The van der Waals surface area contributed by atoms with Crippen molar-refractivity contribution in [2.24, 2.45) is 22.6 Å². The number of hydrogen-bond donors (Lipinski definition) is 4. The molecular weight excluding hydrogens is 362 g/mol. The third-order valence-electron chi connectivity index (χ3n) is 4.80. The summed E-state index contributed by atoms with van der Waals surface area (Å²) < 4.78 is 5.20. The molecule has 0 aromatic carbocycles. The van der Waals surface area contributed by atoms with Gasteiger partial charge in [-0.05, 0) is 59.4 Å². The number of ketones is 1. The molecule has 0 bridgehead atoms. The molecule has 7 N–H and O–H groups in total. The number of carbonyl (C=O) groups excluding carboxylic acids is 2. The lowest BCUT2D eigenvalue weighted by Crippen LogP contribution is -2.58. The van der Waals surface area contributed by atoms with Crippen LogP contribution in [0.15, 0.2) is 24.3 Å². The average Bonchev–Trinajstić information content (AvgIpc) is 2.62. The minimum atomic E-state index is -2.25. The Bertz CT molecular complexity index is 653. The van der Waals surface area contributed by atoms with Gasteiger partial charge in [0.15, 0.2) is 5.78 Å². The Hall–Kier alpha value is -2.03. The van der Waals surface area contributed by atoms with Gasteiger partial charge in [-0.25, -0.2) is 9.59 Å².